The normalized spacial score (nSPS) is 10.2. The lowest BCUT2D eigenvalue weighted by Crippen LogP contribution is -2.17. The minimum absolute atomic E-state index is 0.0971. The number of ether oxygens (including phenoxy) is 2. The third-order valence-electron chi connectivity index (χ3n) is 3.04. The first-order valence-electron chi connectivity index (χ1n) is 7.16. The molecule has 2 rings (SSSR count). The average molecular weight is 284 g/mol. The smallest absolute Gasteiger partial charge is 0.349 e. The molecule has 0 bridgehead atoms. The minimum Gasteiger partial charge on any atom is -0.482 e. The van der Waals surface area contributed by atoms with Crippen molar-refractivity contribution in [2.24, 2.45) is 0 Å². The molecule has 0 saturated carbocycles. The van der Waals surface area contributed by atoms with Crippen molar-refractivity contribution in [1.29, 1.82) is 0 Å². The van der Waals surface area contributed by atoms with Gasteiger partial charge in [0.05, 0.1) is 0 Å². The monoisotopic (exact) mass is 284 g/mol. The number of carbonyl (C=O) groups is 1. The van der Waals surface area contributed by atoms with Crippen LogP contribution in [0, 0.1) is 6.92 Å². The molecular formula is C18H20O3. The first-order chi connectivity index (χ1) is 10.2. The number of benzene rings is 2. The van der Waals surface area contributed by atoms with E-state index in [-0.39, 0.29) is 6.61 Å². The van der Waals surface area contributed by atoms with Crippen LogP contribution in [0.1, 0.15) is 24.5 Å². The van der Waals surface area contributed by atoms with Gasteiger partial charge in [-0.2, -0.15) is 0 Å². The predicted molar refractivity (Wildman–Crippen MR) is 82.7 cm³/mol. The van der Waals surface area contributed by atoms with E-state index < -0.39 is 5.97 Å². The number of esters is 1. The lowest BCUT2D eigenvalue weighted by Gasteiger charge is -2.08. The maximum atomic E-state index is 11.7. The first kappa shape index (κ1) is 15.1. The molecule has 0 amide bonds. The summed E-state index contributed by atoms with van der Waals surface area (Å²) in [4.78, 5) is 11.7. The zero-order valence-electron chi connectivity index (χ0n) is 12.5. The first-order valence-corrected chi connectivity index (χ1v) is 7.16. The van der Waals surface area contributed by atoms with Gasteiger partial charge in [-0.05, 0) is 48.7 Å². The Hall–Kier alpha value is -2.29. The number of carbonyl (C=O) groups excluding carboxylic acids is 1. The number of hydrogen-bond donors (Lipinski definition) is 0. The Bertz CT molecular complexity index is 588. The van der Waals surface area contributed by atoms with Crippen molar-refractivity contribution in [2.45, 2.75) is 26.7 Å². The Morgan fingerprint density at radius 3 is 2.48 bits per heavy atom. The molecular weight excluding hydrogens is 264 g/mol. The molecule has 0 atom stereocenters. The predicted octanol–water partition coefficient (Wildman–Crippen LogP) is 3.93. The molecule has 2 aromatic rings. The van der Waals surface area contributed by atoms with E-state index in [0.29, 0.717) is 11.5 Å². The van der Waals surface area contributed by atoms with E-state index in [4.69, 9.17) is 9.47 Å². The molecule has 3 heteroatoms. The fraction of sp³-hybridized carbons (Fsp3) is 0.278. The molecule has 0 aliphatic rings. The van der Waals surface area contributed by atoms with Crippen LogP contribution in [0.4, 0.5) is 0 Å². The van der Waals surface area contributed by atoms with Crippen LogP contribution in [0.25, 0.3) is 0 Å². The van der Waals surface area contributed by atoms with E-state index >= 15 is 0 Å². The molecule has 0 aromatic heterocycles. The number of aryl methyl sites for hydroxylation is 2. The van der Waals surface area contributed by atoms with Crippen LogP contribution in [0.15, 0.2) is 48.5 Å². The maximum absolute atomic E-state index is 11.7. The third kappa shape index (κ3) is 4.95. The number of rotatable bonds is 6. The second-order valence-corrected chi connectivity index (χ2v) is 4.97. The highest BCUT2D eigenvalue weighted by atomic mass is 16.6. The van der Waals surface area contributed by atoms with Gasteiger partial charge in [-0.3, -0.25) is 0 Å². The van der Waals surface area contributed by atoms with Gasteiger partial charge in [0.15, 0.2) is 6.61 Å². The van der Waals surface area contributed by atoms with E-state index in [9.17, 15) is 4.79 Å². The Kier molecular flexibility index (Phi) is 5.38. The van der Waals surface area contributed by atoms with Crippen LogP contribution >= 0.6 is 0 Å². The zero-order chi connectivity index (χ0) is 15.1. The molecule has 0 aliphatic carbocycles. The highest BCUT2D eigenvalue weighted by Gasteiger charge is 2.06. The topological polar surface area (TPSA) is 35.5 Å². The van der Waals surface area contributed by atoms with Crippen molar-refractivity contribution in [3.8, 4) is 11.5 Å². The zero-order valence-corrected chi connectivity index (χ0v) is 12.5. The molecule has 0 radical (unpaired) electrons. The van der Waals surface area contributed by atoms with Gasteiger partial charge in [0, 0.05) is 0 Å². The van der Waals surface area contributed by atoms with Crippen LogP contribution in [-0.2, 0) is 11.2 Å². The van der Waals surface area contributed by atoms with E-state index in [0.717, 1.165) is 18.4 Å². The fourth-order valence-electron chi connectivity index (χ4n) is 2.02. The fourth-order valence-corrected chi connectivity index (χ4v) is 2.02. The molecule has 0 heterocycles. The lowest BCUT2D eigenvalue weighted by atomic mass is 10.1. The van der Waals surface area contributed by atoms with Crippen molar-refractivity contribution < 1.29 is 14.3 Å². The molecule has 0 saturated heterocycles. The van der Waals surface area contributed by atoms with E-state index in [1.54, 1.807) is 0 Å². The van der Waals surface area contributed by atoms with Crippen molar-refractivity contribution >= 4 is 5.97 Å². The van der Waals surface area contributed by atoms with Crippen LogP contribution in [-0.4, -0.2) is 12.6 Å². The molecule has 0 spiro atoms. The summed E-state index contributed by atoms with van der Waals surface area (Å²) in [7, 11) is 0. The summed E-state index contributed by atoms with van der Waals surface area (Å²) in [5.41, 5.74) is 2.33. The SMILES string of the molecule is CCCc1ccc(OC(=O)COc2cccc(C)c2)cc1. The summed E-state index contributed by atoms with van der Waals surface area (Å²) in [6, 6.07) is 15.2. The summed E-state index contributed by atoms with van der Waals surface area (Å²) < 4.78 is 10.6. The quantitative estimate of drug-likeness (QED) is 0.595. The second kappa shape index (κ2) is 7.48. The Morgan fingerprint density at radius 1 is 1.05 bits per heavy atom. The molecule has 110 valence electrons. The molecule has 2 aromatic carbocycles. The Labute approximate surface area is 125 Å². The van der Waals surface area contributed by atoms with Gasteiger partial charge >= 0.3 is 5.97 Å². The van der Waals surface area contributed by atoms with Gasteiger partial charge in [0.2, 0.25) is 0 Å². The lowest BCUT2D eigenvalue weighted by molar-refractivity contribution is -0.136. The Balaban J connectivity index is 1.84. The van der Waals surface area contributed by atoms with Gasteiger partial charge in [-0.15, -0.1) is 0 Å². The Morgan fingerprint density at radius 2 is 1.81 bits per heavy atom. The summed E-state index contributed by atoms with van der Waals surface area (Å²) in [6.45, 7) is 4.01. The summed E-state index contributed by atoms with van der Waals surface area (Å²) in [5.74, 6) is 0.817. The average Bonchev–Trinajstić information content (AvgIpc) is 2.48. The standard InChI is InChI=1S/C18H20O3/c1-3-5-15-8-10-16(11-9-15)21-18(19)13-20-17-7-4-6-14(2)12-17/h4,6-12H,3,5,13H2,1-2H3. The van der Waals surface area contributed by atoms with Gasteiger partial charge in [0.1, 0.15) is 11.5 Å². The van der Waals surface area contributed by atoms with Gasteiger partial charge in [-0.25, -0.2) is 4.79 Å². The molecule has 3 nitrogen and oxygen atoms in total. The van der Waals surface area contributed by atoms with E-state index in [1.807, 2.05) is 55.5 Å². The van der Waals surface area contributed by atoms with Crippen molar-refractivity contribution in [3.05, 3.63) is 59.7 Å². The van der Waals surface area contributed by atoms with E-state index in [2.05, 4.69) is 6.92 Å². The van der Waals surface area contributed by atoms with Crippen molar-refractivity contribution in [2.75, 3.05) is 6.61 Å². The van der Waals surface area contributed by atoms with Gasteiger partial charge in [-0.1, -0.05) is 37.6 Å². The van der Waals surface area contributed by atoms with E-state index in [1.165, 1.54) is 5.56 Å². The minimum atomic E-state index is -0.403. The second-order valence-electron chi connectivity index (χ2n) is 4.97. The molecule has 21 heavy (non-hydrogen) atoms. The summed E-state index contributed by atoms with van der Waals surface area (Å²) in [5, 5.41) is 0. The highest BCUT2D eigenvalue weighted by molar-refractivity contribution is 5.73. The summed E-state index contributed by atoms with van der Waals surface area (Å²) in [6.07, 6.45) is 2.13. The van der Waals surface area contributed by atoms with Gasteiger partial charge in [0.25, 0.3) is 0 Å². The molecule has 0 aliphatic heterocycles. The van der Waals surface area contributed by atoms with Crippen LogP contribution in [0.3, 0.4) is 0 Å². The highest BCUT2D eigenvalue weighted by Crippen LogP contribution is 2.15. The molecule has 0 fully saturated rings. The largest absolute Gasteiger partial charge is 0.482 e. The van der Waals surface area contributed by atoms with Crippen LogP contribution in [0.5, 0.6) is 11.5 Å². The molecule has 0 N–H and O–H groups in total. The number of hydrogen-bond acceptors (Lipinski definition) is 3. The third-order valence-corrected chi connectivity index (χ3v) is 3.04. The molecule has 0 unspecified atom stereocenters. The summed E-state index contributed by atoms with van der Waals surface area (Å²) >= 11 is 0. The van der Waals surface area contributed by atoms with Crippen molar-refractivity contribution in [3.63, 3.8) is 0 Å². The van der Waals surface area contributed by atoms with Crippen LogP contribution in [0.2, 0.25) is 0 Å². The van der Waals surface area contributed by atoms with Crippen molar-refractivity contribution in [1.82, 2.24) is 0 Å². The van der Waals surface area contributed by atoms with Crippen LogP contribution < -0.4 is 9.47 Å². The maximum Gasteiger partial charge on any atom is 0.349 e. The van der Waals surface area contributed by atoms with Gasteiger partial charge < -0.3 is 9.47 Å².